The SMILES string of the molecule is NC(=O)COCCO.NC(=O)COCCO.O=C(O)c1ccc(C(=O)O)cc1. The molecule has 12 nitrogen and oxygen atoms in total. The fourth-order valence-corrected chi connectivity index (χ4v) is 1.23. The summed E-state index contributed by atoms with van der Waals surface area (Å²) in [6.07, 6.45) is 0. The van der Waals surface area contributed by atoms with Gasteiger partial charge in [0.25, 0.3) is 0 Å². The van der Waals surface area contributed by atoms with Gasteiger partial charge in [-0.2, -0.15) is 0 Å². The molecule has 28 heavy (non-hydrogen) atoms. The number of aliphatic hydroxyl groups is 2. The predicted octanol–water partition coefficient (Wildman–Crippen LogP) is -1.96. The van der Waals surface area contributed by atoms with Gasteiger partial charge in [-0.3, -0.25) is 9.59 Å². The van der Waals surface area contributed by atoms with Crippen molar-refractivity contribution < 1.29 is 49.1 Å². The lowest BCUT2D eigenvalue weighted by molar-refractivity contribution is -0.123. The Bertz CT molecular complexity index is 551. The normalized spacial score (nSPS) is 9.21. The van der Waals surface area contributed by atoms with Crippen LogP contribution in [0.5, 0.6) is 0 Å². The zero-order valence-electron chi connectivity index (χ0n) is 14.9. The lowest BCUT2D eigenvalue weighted by atomic mass is 10.1. The number of nitrogens with two attached hydrogens (primary N) is 2. The number of carbonyl (C=O) groups excluding carboxylic acids is 2. The molecule has 0 heterocycles. The molecule has 0 unspecified atom stereocenters. The number of carboxylic acid groups (broad SMARTS) is 2. The summed E-state index contributed by atoms with van der Waals surface area (Å²) in [7, 11) is 0. The minimum absolute atomic E-state index is 0.0761. The van der Waals surface area contributed by atoms with Crippen LogP contribution < -0.4 is 11.5 Å². The van der Waals surface area contributed by atoms with E-state index in [2.05, 4.69) is 20.9 Å². The topological polar surface area (TPSA) is 220 Å². The summed E-state index contributed by atoms with van der Waals surface area (Å²) in [5, 5.41) is 33.1. The quantitative estimate of drug-likeness (QED) is 0.236. The molecule has 158 valence electrons. The van der Waals surface area contributed by atoms with Gasteiger partial charge >= 0.3 is 11.9 Å². The van der Waals surface area contributed by atoms with Crippen molar-refractivity contribution in [3.63, 3.8) is 0 Å². The molecule has 0 saturated heterocycles. The monoisotopic (exact) mass is 404 g/mol. The van der Waals surface area contributed by atoms with Crippen LogP contribution in [0.3, 0.4) is 0 Å². The Balaban J connectivity index is 0. The number of aliphatic hydroxyl groups excluding tert-OH is 2. The molecule has 0 aliphatic heterocycles. The highest BCUT2D eigenvalue weighted by Gasteiger charge is 2.04. The van der Waals surface area contributed by atoms with Crippen LogP contribution in [0.15, 0.2) is 24.3 Å². The molecule has 0 bridgehead atoms. The van der Waals surface area contributed by atoms with Gasteiger partial charge in [0.1, 0.15) is 13.2 Å². The highest BCUT2D eigenvalue weighted by atomic mass is 16.5. The largest absolute Gasteiger partial charge is 0.478 e. The van der Waals surface area contributed by atoms with Gasteiger partial charge in [-0.05, 0) is 24.3 Å². The van der Waals surface area contributed by atoms with Crippen molar-refractivity contribution in [3.05, 3.63) is 35.4 Å². The van der Waals surface area contributed by atoms with Crippen LogP contribution in [0.1, 0.15) is 20.7 Å². The van der Waals surface area contributed by atoms with Gasteiger partial charge < -0.3 is 41.4 Å². The molecule has 0 atom stereocenters. The van der Waals surface area contributed by atoms with Gasteiger partial charge in [-0.15, -0.1) is 0 Å². The van der Waals surface area contributed by atoms with Crippen molar-refractivity contribution in [1.82, 2.24) is 0 Å². The second-order valence-corrected chi connectivity index (χ2v) is 4.67. The predicted molar refractivity (Wildman–Crippen MR) is 94.6 cm³/mol. The second kappa shape index (κ2) is 17.4. The molecule has 0 fully saturated rings. The Kier molecular flexibility index (Phi) is 16.8. The first-order chi connectivity index (χ1) is 13.1. The molecule has 8 N–H and O–H groups in total. The molecule has 1 aromatic carbocycles. The maximum atomic E-state index is 10.3. The summed E-state index contributed by atoms with van der Waals surface area (Å²) in [5.74, 6) is -3.16. The molecule has 0 saturated carbocycles. The number of benzene rings is 1. The molecular weight excluding hydrogens is 380 g/mol. The Morgan fingerprint density at radius 3 is 1.18 bits per heavy atom. The first-order valence-electron chi connectivity index (χ1n) is 7.66. The van der Waals surface area contributed by atoms with Crippen LogP contribution in [0, 0.1) is 0 Å². The van der Waals surface area contributed by atoms with Crippen molar-refractivity contribution in [2.24, 2.45) is 11.5 Å². The first-order valence-corrected chi connectivity index (χ1v) is 7.66. The number of aromatic carboxylic acids is 2. The standard InChI is InChI=1S/C8H6O4.2C4H9NO3/c9-7(10)5-1-2-6(4-3-5)8(11)12;2*5-4(7)3-8-2-1-6/h1-4H,(H,9,10)(H,11,12);2*6H,1-3H2,(H2,5,7). The Labute approximate surface area is 160 Å². The lowest BCUT2D eigenvalue weighted by Gasteiger charge is -1.94. The number of primary amides is 2. The first kappa shape index (κ1) is 27.2. The zero-order chi connectivity index (χ0) is 21.9. The van der Waals surface area contributed by atoms with Gasteiger partial charge in [0.2, 0.25) is 11.8 Å². The molecule has 0 radical (unpaired) electrons. The fraction of sp³-hybridized carbons (Fsp3) is 0.375. The molecule has 1 aromatic rings. The number of ether oxygens (including phenoxy) is 2. The number of rotatable bonds is 10. The summed E-state index contributed by atoms with van der Waals surface area (Å²) in [4.78, 5) is 40.4. The van der Waals surface area contributed by atoms with Crippen molar-refractivity contribution in [2.75, 3.05) is 39.6 Å². The minimum Gasteiger partial charge on any atom is -0.478 e. The minimum atomic E-state index is -1.06. The van der Waals surface area contributed by atoms with Crippen LogP contribution in [0.25, 0.3) is 0 Å². The summed E-state index contributed by atoms with van der Waals surface area (Å²) in [6.45, 7) is -0.0342. The third-order valence-electron chi connectivity index (χ3n) is 2.34. The molecule has 0 aliphatic rings. The number of hydrogen-bond acceptors (Lipinski definition) is 8. The molecule has 0 aromatic heterocycles. The van der Waals surface area contributed by atoms with Gasteiger partial charge in [-0.25, -0.2) is 9.59 Å². The zero-order valence-corrected chi connectivity index (χ0v) is 14.9. The molecule has 12 heteroatoms. The fourth-order valence-electron chi connectivity index (χ4n) is 1.23. The Morgan fingerprint density at radius 1 is 0.714 bits per heavy atom. The van der Waals surface area contributed by atoms with E-state index < -0.39 is 23.8 Å². The van der Waals surface area contributed by atoms with Crippen LogP contribution >= 0.6 is 0 Å². The third-order valence-corrected chi connectivity index (χ3v) is 2.34. The van der Waals surface area contributed by atoms with Crippen molar-refractivity contribution in [1.29, 1.82) is 0 Å². The third kappa shape index (κ3) is 17.8. The van der Waals surface area contributed by atoms with E-state index in [4.69, 9.17) is 20.4 Å². The van der Waals surface area contributed by atoms with E-state index in [-0.39, 0.29) is 50.8 Å². The molecule has 0 spiro atoms. The van der Waals surface area contributed by atoms with E-state index in [1.165, 1.54) is 24.3 Å². The van der Waals surface area contributed by atoms with Crippen molar-refractivity contribution in [3.8, 4) is 0 Å². The van der Waals surface area contributed by atoms with E-state index >= 15 is 0 Å². The van der Waals surface area contributed by atoms with Crippen molar-refractivity contribution >= 4 is 23.8 Å². The lowest BCUT2D eigenvalue weighted by Crippen LogP contribution is -2.19. The number of carbonyl (C=O) groups is 4. The summed E-state index contributed by atoms with van der Waals surface area (Å²) < 4.78 is 9.04. The maximum absolute atomic E-state index is 10.3. The number of hydrogen-bond donors (Lipinski definition) is 6. The van der Waals surface area contributed by atoms with Crippen molar-refractivity contribution in [2.45, 2.75) is 0 Å². The van der Waals surface area contributed by atoms with Crippen LogP contribution in [-0.4, -0.2) is 83.8 Å². The number of carboxylic acids is 2. The van der Waals surface area contributed by atoms with Crippen LogP contribution in [0.4, 0.5) is 0 Å². The molecule has 1 rings (SSSR count). The average molecular weight is 404 g/mol. The van der Waals surface area contributed by atoms with Gasteiger partial charge in [0.05, 0.1) is 37.6 Å². The average Bonchev–Trinajstić information content (AvgIpc) is 2.63. The van der Waals surface area contributed by atoms with E-state index in [1.807, 2.05) is 0 Å². The summed E-state index contributed by atoms with van der Waals surface area (Å²) in [6, 6.07) is 5.02. The summed E-state index contributed by atoms with van der Waals surface area (Å²) >= 11 is 0. The van der Waals surface area contributed by atoms with Crippen LogP contribution in [-0.2, 0) is 19.1 Å². The van der Waals surface area contributed by atoms with Gasteiger partial charge in [0, 0.05) is 0 Å². The summed E-state index contributed by atoms with van der Waals surface area (Å²) in [5.41, 5.74) is 9.54. The van der Waals surface area contributed by atoms with Gasteiger partial charge in [0.15, 0.2) is 0 Å². The van der Waals surface area contributed by atoms with E-state index in [9.17, 15) is 19.2 Å². The van der Waals surface area contributed by atoms with E-state index in [1.54, 1.807) is 0 Å². The smallest absolute Gasteiger partial charge is 0.335 e. The number of amides is 2. The van der Waals surface area contributed by atoms with E-state index in [0.29, 0.717) is 0 Å². The van der Waals surface area contributed by atoms with Gasteiger partial charge in [-0.1, -0.05) is 0 Å². The highest BCUT2D eigenvalue weighted by molar-refractivity contribution is 5.91. The van der Waals surface area contributed by atoms with E-state index in [0.717, 1.165) is 0 Å². The Morgan fingerprint density at radius 2 is 1.00 bits per heavy atom. The second-order valence-electron chi connectivity index (χ2n) is 4.67. The highest BCUT2D eigenvalue weighted by Crippen LogP contribution is 2.03. The van der Waals surface area contributed by atoms with Crippen LogP contribution in [0.2, 0.25) is 0 Å². The molecule has 2 amide bonds. The maximum Gasteiger partial charge on any atom is 0.335 e. The molecule has 0 aliphatic carbocycles. The Hall–Kier alpha value is -3.06. The molecular formula is C16H24N2O10.